The zero-order chi connectivity index (χ0) is 21.1. The first-order valence-corrected chi connectivity index (χ1v) is 9.36. The van der Waals surface area contributed by atoms with E-state index in [0.29, 0.717) is 29.4 Å². The summed E-state index contributed by atoms with van der Waals surface area (Å²) in [7, 11) is 1.57. The van der Waals surface area contributed by atoms with E-state index in [1.807, 2.05) is 48.5 Å². The van der Waals surface area contributed by atoms with E-state index in [0.717, 1.165) is 16.7 Å². The second kappa shape index (κ2) is 8.10. The first-order chi connectivity index (χ1) is 14.6. The molecular formula is C24H20N2O4. The van der Waals surface area contributed by atoms with Gasteiger partial charge in [-0.15, -0.1) is 0 Å². The molecule has 0 aromatic heterocycles. The van der Waals surface area contributed by atoms with Crippen molar-refractivity contribution in [1.82, 2.24) is 0 Å². The highest BCUT2D eigenvalue weighted by Crippen LogP contribution is 2.44. The van der Waals surface area contributed by atoms with Crippen molar-refractivity contribution in [1.29, 1.82) is 5.26 Å². The Bertz CT molecular complexity index is 1150. The van der Waals surface area contributed by atoms with Crippen molar-refractivity contribution in [2.24, 2.45) is 5.73 Å². The van der Waals surface area contributed by atoms with Gasteiger partial charge in [-0.25, -0.2) is 0 Å². The van der Waals surface area contributed by atoms with Gasteiger partial charge >= 0.3 is 0 Å². The van der Waals surface area contributed by atoms with Crippen LogP contribution < -0.4 is 19.9 Å². The van der Waals surface area contributed by atoms with Crippen LogP contribution in [0.2, 0.25) is 0 Å². The molecule has 0 saturated carbocycles. The molecule has 3 N–H and O–H groups in total. The monoisotopic (exact) mass is 400 g/mol. The van der Waals surface area contributed by atoms with E-state index in [9.17, 15) is 10.4 Å². The summed E-state index contributed by atoms with van der Waals surface area (Å²) in [6, 6.07) is 22.3. The van der Waals surface area contributed by atoms with Gasteiger partial charge in [0, 0.05) is 11.6 Å². The lowest BCUT2D eigenvalue weighted by atomic mass is 9.83. The van der Waals surface area contributed by atoms with Crippen LogP contribution in [0.5, 0.6) is 23.0 Å². The number of nitrogens with two attached hydrogens (primary N) is 1. The maximum absolute atomic E-state index is 9.79. The number of hydrogen-bond donors (Lipinski definition) is 2. The lowest BCUT2D eigenvalue weighted by molar-refractivity contribution is 0.284. The normalized spacial score (nSPS) is 15.0. The molecule has 0 radical (unpaired) electrons. The molecule has 3 aromatic carbocycles. The Morgan fingerprint density at radius 1 is 1.07 bits per heavy atom. The van der Waals surface area contributed by atoms with Gasteiger partial charge in [0.1, 0.15) is 29.7 Å². The van der Waals surface area contributed by atoms with E-state index in [1.165, 1.54) is 6.07 Å². The van der Waals surface area contributed by atoms with Crippen LogP contribution in [0.25, 0.3) is 0 Å². The van der Waals surface area contributed by atoms with Gasteiger partial charge in [0.25, 0.3) is 0 Å². The van der Waals surface area contributed by atoms with Gasteiger partial charge in [-0.3, -0.25) is 0 Å². The number of rotatable bonds is 5. The third-order valence-corrected chi connectivity index (χ3v) is 4.96. The van der Waals surface area contributed by atoms with Crippen LogP contribution in [0.15, 0.2) is 78.2 Å². The molecule has 4 rings (SSSR count). The summed E-state index contributed by atoms with van der Waals surface area (Å²) >= 11 is 0. The predicted molar refractivity (Wildman–Crippen MR) is 111 cm³/mol. The third kappa shape index (κ3) is 3.61. The number of methoxy groups -OCH3 is 1. The molecule has 6 nitrogen and oxygen atoms in total. The molecule has 150 valence electrons. The number of phenolic OH excluding ortho intramolecular Hbond substituents is 1. The molecule has 1 heterocycles. The van der Waals surface area contributed by atoms with Crippen molar-refractivity contribution >= 4 is 0 Å². The average molecular weight is 400 g/mol. The highest BCUT2D eigenvalue weighted by Gasteiger charge is 2.31. The second-order valence-corrected chi connectivity index (χ2v) is 6.83. The van der Waals surface area contributed by atoms with E-state index >= 15 is 0 Å². The molecule has 0 saturated heterocycles. The third-order valence-electron chi connectivity index (χ3n) is 4.96. The Kier molecular flexibility index (Phi) is 5.19. The van der Waals surface area contributed by atoms with E-state index in [-0.39, 0.29) is 11.6 Å². The summed E-state index contributed by atoms with van der Waals surface area (Å²) in [6.45, 7) is 0.409. The van der Waals surface area contributed by atoms with Gasteiger partial charge in [-0.1, -0.05) is 42.5 Å². The summed E-state index contributed by atoms with van der Waals surface area (Å²) in [5.74, 6) is 1.19. The van der Waals surface area contributed by atoms with Gasteiger partial charge in [-0.2, -0.15) is 5.26 Å². The van der Waals surface area contributed by atoms with Gasteiger partial charge in [0.15, 0.2) is 11.5 Å². The first kappa shape index (κ1) is 19.2. The Labute approximate surface area is 174 Å². The van der Waals surface area contributed by atoms with Crippen molar-refractivity contribution in [3.63, 3.8) is 0 Å². The van der Waals surface area contributed by atoms with Crippen molar-refractivity contribution in [3.8, 4) is 29.1 Å². The fraction of sp³-hybridized carbons (Fsp3) is 0.125. The lowest BCUT2D eigenvalue weighted by Gasteiger charge is -2.27. The highest BCUT2D eigenvalue weighted by molar-refractivity contribution is 5.58. The summed E-state index contributed by atoms with van der Waals surface area (Å²) < 4.78 is 17.0. The minimum Gasteiger partial charge on any atom is -0.508 e. The zero-order valence-electron chi connectivity index (χ0n) is 16.3. The number of nitrogens with zero attached hydrogens (tertiary/aromatic N) is 1. The molecule has 0 fully saturated rings. The standard InChI is InChI=1S/C24H20N2O4/c1-28-22-11-16(7-10-20(22)29-14-15-5-3-2-4-6-15)23-18-9-8-17(27)12-21(18)30-24(26)19(23)13-25/h2-12,23,27H,14,26H2,1H3/t23-/m1/s1. The fourth-order valence-electron chi connectivity index (χ4n) is 3.51. The van der Waals surface area contributed by atoms with Crippen LogP contribution in [0, 0.1) is 11.3 Å². The van der Waals surface area contributed by atoms with Crippen molar-refractivity contribution in [3.05, 3.63) is 94.9 Å². The largest absolute Gasteiger partial charge is 0.508 e. The number of aromatic hydroxyl groups is 1. The maximum Gasteiger partial charge on any atom is 0.205 e. The predicted octanol–water partition coefficient (Wildman–Crippen LogP) is 4.20. The molecule has 0 unspecified atom stereocenters. The molecule has 6 heteroatoms. The molecule has 3 aromatic rings. The number of allylic oxidation sites excluding steroid dienone is 1. The molecule has 1 atom stereocenters. The molecule has 0 spiro atoms. The molecule has 0 aliphatic carbocycles. The smallest absolute Gasteiger partial charge is 0.205 e. The van der Waals surface area contributed by atoms with Crippen LogP contribution in [-0.2, 0) is 6.61 Å². The Balaban J connectivity index is 1.70. The van der Waals surface area contributed by atoms with Gasteiger partial charge in [-0.05, 0) is 29.3 Å². The van der Waals surface area contributed by atoms with Gasteiger partial charge in [0.2, 0.25) is 5.88 Å². The molecule has 1 aliphatic heterocycles. The van der Waals surface area contributed by atoms with E-state index < -0.39 is 5.92 Å². The Morgan fingerprint density at radius 3 is 2.60 bits per heavy atom. The summed E-state index contributed by atoms with van der Waals surface area (Å²) in [5.41, 5.74) is 8.87. The number of ether oxygens (including phenoxy) is 3. The van der Waals surface area contributed by atoms with Crippen LogP contribution in [-0.4, -0.2) is 12.2 Å². The minimum absolute atomic E-state index is 0.0176. The van der Waals surface area contributed by atoms with Gasteiger partial charge in [0.05, 0.1) is 13.0 Å². The van der Waals surface area contributed by atoms with Crippen molar-refractivity contribution in [2.45, 2.75) is 12.5 Å². The topological polar surface area (TPSA) is 97.7 Å². The molecule has 1 aliphatic rings. The Morgan fingerprint density at radius 2 is 1.87 bits per heavy atom. The molecular weight excluding hydrogens is 380 g/mol. The number of hydrogen-bond acceptors (Lipinski definition) is 6. The molecule has 30 heavy (non-hydrogen) atoms. The fourth-order valence-corrected chi connectivity index (χ4v) is 3.51. The van der Waals surface area contributed by atoms with Gasteiger partial charge < -0.3 is 25.1 Å². The Hall–Kier alpha value is -4.11. The summed E-state index contributed by atoms with van der Waals surface area (Å²) in [6.07, 6.45) is 0. The minimum atomic E-state index is -0.448. The number of nitriles is 1. The van der Waals surface area contributed by atoms with Crippen LogP contribution in [0.1, 0.15) is 22.6 Å². The summed E-state index contributed by atoms with van der Waals surface area (Å²) in [4.78, 5) is 0. The van der Waals surface area contributed by atoms with E-state index in [4.69, 9.17) is 19.9 Å². The first-order valence-electron chi connectivity index (χ1n) is 9.36. The second-order valence-electron chi connectivity index (χ2n) is 6.83. The number of fused-ring (bicyclic) bond motifs is 1. The lowest BCUT2D eigenvalue weighted by Crippen LogP contribution is -2.21. The van der Waals surface area contributed by atoms with Crippen LogP contribution in [0.3, 0.4) is 0 Å². The molecule has 0 bridgehead atoms. The SMILES string of the molecule is COc1cc([C@H]2C(C#N)=C(N)Oc3cc(O)ccc32)ccc1OCc1ccccc1. The number of phenols is 1. The van der Waals surface area contributed by atoms with Crippen LogP contribution >= 0.6 is 0 Å². The van der Waals surface area contributed by atoms with Crippen molar-refractivity contribution in [2.75, 3.05) is 7.11 Å². The van der Waals surface area contributed by atoms with Crippen molar-refractivity contribution < 1.29 is 19.3 Å². The molecule has 0 amide bonds. The van der Waals surface area contributed by atoms with E-state index in [2.05, 4.69) is 6.07 Å². The number of benzene rings is 3. The average Bonchev–Trinajstić information content (AvgIpc) is 2.77. The zero-order valence-corrected chi connectivity index (χ0v) is 16.3. The quantitative estimate of drug-likeness (QED) is 0.666. The van der Waals surface area contributed by atoms with E-state index in [1.54, 1.807) is 19.2 Å². The maximum atomic E-state index is 9.79. The van der Waals surface area contributed by atoms with Crippen LogP contribution in [0.4, 0.5) is 0 Å². The summed E-state index contributed by atoms with van der Waals surface area (Å²) in [5, 5.41) is 19.5. The highest BCUT2D eigenvalue weighted by atomic mass is 16.5.